The highest BCUT2D eigenvalue weighted by atomic mass is 15.3. The van der Waals surface area contributed by atoms with Gasteiger partial charge in [-0.05, 0) is 19.5 Å². The third kappa shape index (κ3) is 4.48. The van der Waals surface area contributed by atoms with Crippen molar-refractivity contribution in [3.8, 4) is 0 Å². The van der Waals surface area contributed by atoms with Gasteiger partial charge in [0.2, 0.25) is 0 Å². The Bertz CT molecular complexity index is 330. The van der Waals surface area contributed by atoms with Crippen LogP contribution >= 0.6 is 0 Å². The molecular formula is C13H26N4. The number of hydrogen-bond acceptors (Lipinski definition) is 3. The zero-order chi connectivity index (χ0) is 12.8. The van der Waals surface area contributed by atoms with Crippen molar-refractivity contribution in [2.24, 2.45) is 7.05 Å². The molecule has 1 heterocycles. The van der Waals surface area contributed by atoms with Gasteiger partial charge in [-0.3, -0.25) is 4.68 Å². The topological polar surface area (TPSA) is 33.1 Å². The molecule has 17 heavy (non-hydrogen) atoms. The Morgan fingerprint density at radius 3 is 2.76 bits per heavy atom. The normalized spacial score (nSPS) is 11.7. The molecule has 0 aromatic carbocycles. The van der Waals surface area contributed by atoms with E-state index in [2.05, 4.69) is 49.3 Å². The van der Waals surface area contributed by atoms with E-state index in [9.17, 15) is 0 Å². The number of hydrogen-bond donors (Lipinski definition) is 1. The van der Waals surface area contributed by atoms with Crippen molar-refractivity contribution in [3.05, 3.63) is 17.5 Å². The van der Waals surface area contributed by atoms with E-state index in [1.165, 1.54) is 11.3 Å². The molecule has 1 N–H and O–H groups in total. The first kappa shape index (κ1) is 14.2. The minimum absolute atomic E-state index is 0.492. The summed E-state index contributed by atoms with van der Waals surface area (Å²) >= 11 is 0. The molecule has 4 heteroatoms. The average molecular weight is 238 g/mol. The number of aryl methyl sites for hydroxylation is 1. The molecular weight excluding hydrogens is 212 g/mol. The molecule has 0 atom stereocenters. The molecule has 0 aliphatic rings. The van der Waals surface area contributed by atoms with Gasteiger partial charge in [0, 0.05) is 38.4 Å². The summed E-state index contributed by atoms with van der Waals surface area (Å²) in [6, 6.07) is 0. The smallest absolute Gasteiger partial charge is 0.0694 e. The van der Waals surface area contributed by atoms with Gasteiger partial charge in [-0.2, -0.15) is 5.10 Å². The van der Waals surface area contributed by atoms with Crippen LogP contribution in [0, 0.1) is 0 Å². The maximum Gasteiger partial charge on any atom is 0.0694 e. The van der Waals surface area contributed by atoms with E-state index in [1.807, 2.05) is 11.7 Å². The Morgan fingerprint density at radius 2 is 2.18 bits per heavy atom. The molecule has 0 radical (unpaired) electrons. The van der Waals surface area contributed by atoms with Crippen LogP contribution in [0.3, 0.4) is 0 Å². The molecule has 98 valence electrons. The Kier molecular flexibility index (Phi) is 5.65. The van der Waals surface area contributed by atoms with Crippen LogP contribution in [0.25, 0.3) is 0 Å². The van der Waals surface area contributed by atoms with Gasteiger partial charge >= 0.3 is 0 Å². The molecule has 0 saturated heterocycles. The maximum atomic E-state index is 4.51. The predicted molar refractivity (Wildman–Crippen MR) is 72.2 cm³/mol. The highest BCUT2D eigenvalue weighted by Crippen LogP contribution is 2.16. The molecule has 0 aliphatic heterocycles. The molecule has 0 fully saturated rings. The highest BCUT2D eigenvalue weighted by molar-refractivity contribution is 5.19. The second-order valence-corrected chi connectivity index (χ2v) is 4.94. The fourth-order valence-corrected chi connectivity index (χ4v) is 1.83. The second kappa shape index (κ2) is 6.77. The van der Waals surface area contributed by atoms with Crippen LogP contribution in [0.4, 0.5) is 0 Å². The molecule has 0 amide bonds. The molecule has 0 saturated carbocycles. The first-order valence-corrected chi connectivity index (χ1v) is 6.46. The average Bonchev–Trinajstić information content (AvgIpc) is 2.65. The van der Waals surface area contributed by atoms with Crippen molar-refractivity contribution in [1.82, 2.24) is 20.0 Å². The highest BCUT2D eigenvalue weighted by Gasteiger charge is 2.10. The summed E-state index contributed by atoms with van der Waals surface area (Å²) in [6.07, 6.45) is 2.12. The summed E-state index contributed by atoms with van der Waals surface area (Å²) in [5.74, 6) is 0.492. The van der Waals surface area contributed by atoms with Crippen LogP contribution in [0.1, 0.15) is 37.9 Å². The van der Waals surface area contributed by atoms with Gasteiger partial charge < -0.3 is 10.2 Å². The van der Waals surface area contributed by atoms with E-state index < -0.39 is 0 Å². The van der Waals surface area contributed by atoms with Crippen LogP contribution in [-0.4, -0.2) is 41.4 Å². The molecule has 0 spiro atoms. The SMILES string of the molecule is CCN(C)CCNCc1cn(C)nc1C(C)C. The largest absolute Gasteiger partial charge is 0.311 e. The summed E-state index contributed by atoms with van der Waals surface area (Å²) < 4.78 is 1.91. The molecule has 0 bridgehead atoms. The zero-order valence-corrected chi connectivity index (χ0v) is 11.8. The molecule has 0 unspecified atom stereocenters. The lowest BCUT2D eigenvalue weighted by molar-refractivity contribution is 0.349. The van der Waals surface area contributed by atoms with Crippen LogP contribution in [0.5, 0.6) is 0 Å². The Hall–Kier alpha value is -0.870. The molecule has 4 nitrogen and oxygen atoms in total. The summed E-state index contributed by atoms with van der Waals surface area (Å²) in [4.78, 5) is 2.31. The molecule has 1 aromatic heterocycles. The minimum atomic E-state index is 0.492. The summed E-state index contributed by atoms with van der Waals surface area (Å²) in [6.45, 7) is 10.7. The Labute approximate surface area is 105 Å². The van der Waals surface area contributed by atoms with Gasteiger partial charge in [-0.1, -0.05) is 20.8 Å². The predicted octanol–water partition coefficient (Wildman–Crippen LogP) is 1.58. The van der Waals surface area contributed by atoms with Gasteiger partial charge in [0.15, 0.2) is 0 Å². The van der Waals surface area contributed by atoms with Crippen LogP contribution in [0.15, 0.2) is 6.20 Å². The van der Waals surface area contributed by atoms with Crippen LogP contribution in [-0.2, 0) is 13.6 Å². The lowest BCUT2D eigenvalue weighted by Crippen LogP contribution is -2.28. The summed E-state index contributed by atoms with van der Waals surface area (Å²) in [5.41, 5.74) is 2.53. The van der Waals surface area contributed by atoms with Gasteiger partial charge in [-0.25, -0.2) is 0 Å². The van der Waals surface area contributed by atoms with Crippen molar-refractivity contribution in [3.63, 3.8) is 0 Å². The van der Waals surface area contributed by atoms with Crippen molar-refractivity contribution in [2.45, 2.75) is 33.2 Å². The number of nitrogens with one attached hydrogen (secondary N) is 1. The van der Waals surface area contributed by atoms with Gasteiger partial charge in [0.25, 0.3) is 0 Å². The van der Waals surface area contributed by atoms with Crippen molar-refractivity contribution >= 4 is 0 Å². The number of rotatable bonds is 7. The Balaban J connectivity index is 2.41. The molecule has 1 rings (SSSR count). The first-order chi connectivity index (χ1) is 8.04. The fraction of sp³-hybridized carbons (Fsp3) is 0.769. The van der Waals surface area contributed by atoms with Crippen molar-refractivity contribution in [2.75, 3.05) is 26.7 Å². The molecule has 0 aliphatic carbocycles. The van der Waals surface area contributed by atoms with E-state index in [1.54, 1.807) is 0 Å². The van der Waals surface area contributed by atoms with Gasteiger partial charge in [0.05, 0.1) is 5.69 Å². The van der Waals surface area contributed by atoms with Gasteiger partial charge in [0.1, 0.15) is 0 Å². The third-order valence-corrected chi connectivity index (χ3v) is 3.01. The van der Waals surface area contributed by atoms with E-state index in [0.29, 0.717) is 5.92 Å². The zero-order valence-electron chi connectivity index (χ0n) is 11.8. The first-order valence-electron chi connectivity index (χ1n) is 6.46. The Morgan fingerprint density at radius 1 is 1.47 bits per heavy atom. The molecule has 1 aromatic rings. The number of aromatic nitrogens is 2. The maximum absolute atomic E-state index is 4.51. The number of likely N-dealkylation sites (N-methyl/N-ethyl adjacent to an activating group) is 1. The van der Waals surface area contributed by atoms with Crippen LogP contribution in [0.2, 0.25) is 0 Å². The quantitative estimate of drug-likeness (QED) is 0.732. The van der Waals surface area contributed by atoms with E-state index >= 15 is 0 Å². The summed E-state index contributed by atoms with van der Waals surface area (Å²) in [7, 11) is 4.13. The number of nitrogens with zero attached hydrogens (tertiary/aromatic N) is 3. The fourth-order valence-electron chi connectivity index (χ4n) is 1.83. The standard InChI is InChI=1S/C13H26N4/c1-6-16(4)8-7-14-9-12-10-17(5)15-13(12)11(2)3/h10-11,14H,6-9H2,1-5H3. The monoisotopic (exact) mass is 238 g/mol. The lowest BCUT2D eigenvalue weighted by atomic mass is 10.1. The summed E-state index contributed by atoms with van der Waals surface area (Å²) in [5, 5.41) is 7.99. The van der Waals surface area contributed by atoms with E-state index in [4.69, 9.17) is 0 Å². The van der Waals surface area contributed by atoms with Crippen LogP contribution < -0.4 is 5.32 Å². The van der Waals surface area contributed by atoms with E-state index in [0.717, 1.165) is 26.2 Å². The second-order valence-electron chi connectivity index (χ2n) is 4.94. The van der Waals surface area contributed by atoms with Crippen molar-refractivity contribution in [1.29, 1.82) is 0 Å². The van der Waals surface area contributed by atoms with E-state index in [-0.39, 0.29) is 0 Å². The lowest BCUT2D eigenvalue weighted by Gasteiger charge is -2.14. The third-order valence-electron chi connectivity index (χ3n) is 3.01. The van der Waals surface area contributed by atoms with Gasteiger partial charge in [-0.15, -0.1) is 0 Å². The minimum Gasteiger partial charge on any atom is -0.311 e. The van der Waals surface area contributed by atoms with Crippen molar-refractivity contribution < 1.29 is 0 Å².